The SMILES string of the molecule is CC(C)C[CH]C(=O)N[C@H]1CCCN(C(=O)CCC(C)C)CC1=O. The number of ketones is 1. The highest BCUT2D eigenvalue weighted by Crippen LogP contribution is 2.13. The predicted octanol–water partition coefficient (Wildman–Crippen LogP) is 2.35. The maximum Gasteiger partial charge on any atom is 0.224 e. The van der Waals surface area contributed by atoms with Crippen LogP contribution in [0.15, 0.2) is 0 Å². The highest BCUT2D eigenvalue weighted by Gasteiger charge is 2.28. The van der Waals surface area contributed by atoms with Crippen molar-refractivity contribution in [1.82, 2.24) is 10.2 Å². The van der Waals surface area contributed by atoms with Crippen LogP contribution in [0.5, 0.6) is 0 Å². The van der Waals surface area contributed by atoms with Crippen LogP contribution in [-0.4, -0.2) is 41.6 Å². The van der Waals surface area contributed by atoms with Crippen LogP contribution in [0.4, 0.5) is 0 Å². The average molecular weight is 323 g/mol. The molecule has 1 saturated heterocycles. The third kappa shape index (κ3) is 7.62. The Morgan fingerprint density at radius 2 is 1.96 bits per heavy atom. The van der Waals surface area contributed by atoms with Crippen molar-refractivity contribution in [3.05, 3.63) is 6.42 Å². The van der Waals surface area contributed by atoms with Gasteiger partial charge in [0.2, 0.25) is 11.8 Å². The monoisotopic (exact) mass is 323 g/mol. The summed E-state index contributed by atoms with van der Waals surface area (Å²) in [6.07, 6.45) is 4.99. The summed E-state index contributed by atoms with van der Waals surface area (Å²) in [6.45, 7) is 8.97. The van der Waals surface area contributed by atoms with Crippen molar-refractivity contribution in [1.29, 1.82) is 0 Å². The first kappa shape index (κ1) is 19.7. The van der Waals surface area contributed by atoms with Gasteiger partial charge in [0.25, 0.3) is 0 Å². The molecule has 0 aromatic rings. The largest absolute Gasteiger partial charge is 0.346 e. The second-order valence-electron chi connectivity index (χ2n) is 7.25. The lowest BCUT2D eigenvalue weighted by atomic mass is 10.1. The first-order chi connectivity index (χ1) is 10.8. The zero-order chi connectivity index (χ0) is 17.4. The van der Waals surface area contributed by atoms with Gasteiger partial charge in [-0.2, -0.15) is 0 Å². The van der Waals surface area contributed by atoms with E-state index in [1.165, 1.54) is 0 Å². The zero-order valence-electron chi connectivity index (χ0n) is 14.9. The van der Waals surface area contributed by atoms with Crippen molar-refractivity contribution in [3.8, 4) is 0 Å². The quantitative estimate of drug-likeness (QED) is 0.782. The van der Waals surface area contributed by atoms with Gasteiger partial charge < -0.3 is 10.2 Å². The molecular weight excluding hydrogens is 292 g/mol. The fourth-order valence-corrected chi connectivity index (χ4v) is 2.53. The molecule has 0 spiro atoms. The number of hydrogen-bond donors (Lipinski definition) is 1. The Bertz CT molecular complexity index is 418. The van der Waals surface area contributed by atoms with Gasteiger partial charge in [0.05, 0.1) is 12.6 Å². The number of Topliss-reactive ketones (excluding diaryl/α,β-unsaturated/α-hetero) is 1. The van der Waals surface area contributed by atoms with E-state index in [9.17, 15) is 14.4 Å². The minimum Gasteiger partial charge on any atom is -0.346 e. The number of carbonyl (C=O) groups excluding carboxylic acids is 3. The Hall–Kier alpha value is -1.39. The summed E-state index contributed by atoms with van der Waals surface area (Å²) in [6, 6.07) is -0.464. The number of carbonyl (C=O) groups is 3. The molecule has 131 valence electrons. The molecule has 1 aliphatic rings. The van der Waals surface area contributed by atoms with E-state index in [2.05, 4.69) is 19.2 Å². The number of nitrogens with zero attached hydrogens (tertiary/aromatic N) is 1. The van der Waals surface area contributed by atoms with Gasteiger partial charge >= 0.3 is 0 Å². The number of likely N-dealkylation sites (tertiary alicyclic amines) is 1. The van der Waals surface area contributed by atoms with Gasteiger partial charge in [-0.15, -0.1) is 0 Å². The van der Waals surface area contributed by atoms with Crippen LogP contribution in [0, 0.1) is 18.3 Å². The summed E-state index contributed by atoms with van der Waals surface area (Å²) < 4.78 is 0. The van der Waals surface area contributed by atoms with Crippen molar-refractivity contribution in [2.75, 3.05) is 13.1 Å². The van der Waals surface area contributed by atoms with Gasteiger partial charge in [-0.3, -0.25) is 14.4 Å². The molecule has 0 saturated carbocycles. The number of amides is 2. The summed E-state index contributed by atoms with van der Waals surface area (Å²) in [5.41, 5.74) is 0. The highest BCUT2D eigenvalue weighted by molar-refractivity contribution is 5.94. The van der Waals surface area contributed by atoms with Crippen LogP contribution in [-0.2, 0) is 14.4 Å². The molecular formula is C18H31N2O3. The molecule has 1 N–H and O–H groups in total. The Kier molecular flexibility index (Phi) is 8.28. The van der Waals surface area contributed by atoms with Crippen molar-refractivity contribution in [3.63, 3.8) is 0 Å². The summed E-state index contributed by atoms with van der Waals surface area (Å²) >= 11 is 0. The van der Waals surface area contributed by atoms with E-state index in [-0.39, 0.29) is 24.1 Å². The Balaban J connectivity index is 2.48. The van der Waals surface area contributed by atoms with Crippen molar-refractivity contribution >= 4 is 17.6 Å². The lowest BCUT2D eigenvalue weighted by Crippen LogP contribution is -2.44. The number of nitrogens with one attached hydrogen (secondary N) is 1. The van der Waals surface area contributed by atoms with E-state index in [4.69, 9.17) is 0 Å². The molecule has 0 aromatic heterocycles. The summed E-state index contributed by atoms with van der Waals surface area (Å²) in [4.78, 5) is 38.0. The maximum atomic E-state index is 12.3. The predicted molar refractivity (Wildman–Crippen MR) is 90.6 cm³/mol. The van der Waals surface area contributed by atoms with E-state index >= 15 is 0 Å². The second kappa shape index (κ2) is 9.68. The van der Waals surface area contributed by atoms with Gasteiger partial charge in [0, 0.05) is 19.4 Å². The molecule has 5 nitrogen and oxygen atoms in total. The normalized spacial score (nSPS) is 19.1. The molecule has 0 unspecified atom stereocenters. The molecule has 5 heteroatoms. The lowest BCUT2D eigenvalue weighted by Gasteiger charge is -2.20. The average Bonchev–Trinajstić information content (AvgIpc) is 2.65. The summed E-state index contributed by atoms with van der Waals surface area (Å²) in [7, 11) is 0. The zero-order valence-corrected chi connectivity index (χ0v) is 14.9. The molecule has 1 atom stereocenters. The third-order valence-corrected chi connectivity index (χ3v) is 4.04. The van der Waals surface area contributed by atoms with Crippen LogP contribution < -0.4 is 5.32 Å². The summed E-state index contributed by atoms with van der Waals surface area (Å²) in [5, 5.41) is 2.79. The van der Waals surface area contributed by atoms with E-state index < -0.39 is 6.04 Å². The topological polar surface area (TPSA) is 66.5 Å². The Morgan fingerprint density at radius 1 is 1.26 bits per heavy atom. The lowest BCUT2D eigenvalue weighted by molar-refractivity contribution is -0.135. The standard InChI is InChI=1S/C18H31N2O3/c1-13(2)7-9-17(22)19-15-6-5-11-20(12-16(15)21)18(23)10-8-14(3)4/h9,13-15H,5-8,10-12H2,1-4H3,(H,19,22)/t15-/m0/s1. The van der Waals surface area contributed by atoms with Crippen LogP contribution >= 0.6 is 0 Å². The van der Waals surface area contributed by atoms with Gasteiger partial charge in [-0.05, 0) is 37.5 Å². The Morgan fingerprint density at radius 3 is 2.57 bits per heavy atom. The van der Waals surface area contributed by atoms with Crippen LogP contribution in [0.2, 0.25) is 0 Å². The highest BCUT2D eigenvalue weighted by atomic mass is 16.2. The number of hydrogen-bond acceptors (Lipinski definition) is 3. The van der Waals surface area contributed by atoms with E-state index in [1.54, 1.807) is 11.3 Å². The molecule has 2 amide bonds. The number of rotatable bonds is 7. The van der Waals surface area contributed by atoms with Crippen molar-refractivity contribution in [2.24, 2.45) is 11.8 Å². The van der Waals surface area contributed by atoms with Gasteiger partial charge in [0.15, 0.2) is 5.78 Å². The maximum absolute atomic E-state index is 12.3. The minimum atomic E-state index is -0.464. The fraction of sp³-hybridized carbons (Fsp3) is 0.778. The first-order valence-electron chi connectivity index (χ1n) is 8.73. The fourth-order valence-electron chi connectivity index (χ4n) is 2.53. The summed E-state index contributed by atoms with van der Waals surface area (Å²) in [5.74, 6) is 0.693. The van der Waals surface area contributed by atoms with E-state index in [1.807, 2.05) is 13.8 Å². The van der Waals surface area contributed by atoms with Gasteiger partial charge in [-0.25, -0.2) is 0 Å². The van der Waals surface area contributed by atoms with E-state index in [0.717, 1.165) is 12.8 Å². The van der Waals surface area contributed by atoms with Crippen LogP contribution in [0.25, 0.3) is 0 Å². The van der Waals surface area contributed by atoms with Crippen LogP contribution in [0.1, 0.15) is 59.8 Å². The molecule has 0 bridgehead atoms. The molecule has 1 radical (unpaired) electrons. The van der Waals surface area contributed by atoms with Gasteiger partial charge in [0.1, 0.15) is 0 Å². The smallest absolute Gasteiger partial charge is 0.224 e. The Labute approximate surface area is 140 Å². The molecule has 0 aromatic carbocycles. The molecule has 1 heterocycles. The third-order valence-electron chi connectivity index (χ3n) is 4.04. The molecule has 1 rings (SSSR count). The molecule has 1 fully saturated rings. The second-order valence-corrected chi connectivity index (χ2v) is 7.25. The molecule has 23 heavy (non-hydrogen) atoms. The van der Waals surface area contributed by atoms with Crippen molar-refractivity contribution in [2.45, 2.75) is 65.8 Å². The first-order valence-corrected chi connectivity index (χ1v) is 8.73. The van der Waals surface area contributed by atoms with Crippen LogP contribution in [0.3, 0.4) is 0 Å². The van der Waals surface area contributed by atoms with Crippen molar-refractivity contribution < 1.29 is 14.4 Å². The molecule has 0 aliphatic carbocycles. The van der Waals surface area contributed by atoms with Gasteiger partial charge in [-0.1, -0.05) is 27.7 Å². The minimum absolute atomic E-state index is 0.0467. The van der Waals surface area contributed by atoms with E-state index in [0.29, 0.717) is 37.6 Å². The molecule has 1 aliphatic heterocycles.